The van der Waals surface area contributed by atoms with Crippen molar-refractivity contribution < 1.29 is 42.7 Å². The SMILES string of the molecule is O[C@@H]1C2OC3O[C@H]([C@H]2O)C(O)(C(F)(F)F)[C@H]1O3. The summed E-state index contributed by atoms with van der Waals surface area (Å²) >= 11 is 0. The second-order valence-corrected chi connectivity index (χ2v) is 4.31. The molecule has 7 atom stereocenters. The monoisotopic (exact) mass is 258 g/mol. The van der Waals surface area contributed by atoms with Crippen molar-refractivity contribution in [2.45, 2.75) is 48.8 Å². The quantitative estimate of drug-likeness (QED) is 0.489. The topological polar surface area (TPSA) is 88.4 Å². The van der Waals surface area contributed by atoms with Gasteiger partial charge in [-0.1, -0.05) is 0 Å². The third kappa shape index (κ3) is 1.21. The van der Waals surface area contributed by atoms with Gasteiger partial charge in [0, 0.05) is 0 Å². The van der Waals surface area contributed by atoms with Gasteiger partial charge in [0.25, 0.3) is 6.48 Å². The lowest BCUT2D eigenvalue weighted by atomic mass is 9.72. The molecule has 1 aliphatic carbocycles. The first-order valence-electron chi connectivity index (χ1n) is 4.88. The number of rotatable bonds is 0. The van der Waals surface area contributed by atoms with Crippen LogP contribution >= 0.6 is 0 Å². The van der Waals surface area contributed by atoms with Crippen molar-refractivity contribution in [3.05, 3.63) is 0 Å². The molecule has 0 aromatic heterocycles. The van der Waals surface area contributed by atoms with E-state index in [9.17, 15) is 28.5 Å². The number of aliphatic hydroxyl groups excluding tert-OH is 2. The molecule has 3 heterocycles. The van der Waals surface area contributed by atoms with Gasteiger partial charge in [0.05, 0.1) is 0 Å². The molecular formula is C8H9F3O6. The molecule has 98 valence electrons. The van der Waals surface area contributed by atoms with E-state index in [-0.39, 0.29) is 0 Å². The molecule has 3 aliphatic heterocycles. The number of hydrogen-bond donors (Lipinski definition) is 3. The zero-order valence-corrected chi connectivity index (χ0v) is 8.16. The summed E-state index contributed by atoms with van der Waals surface area (Å²) in [5.41, 5.74) is -3.44. The number of hydrogen-bond acceptors (Lipinski definition) is 6. The zero-order valence-electron chi connectivity index (χ0n) is 8.16. The zero-order chi connectivity index (χ0) is 12.6. The van der Waals surface area contributed by atoms with E-state index in [1.54, 1.807) is 0 Å². The van der Waals surface area contributed by atoms with E-state index < -0.39 is 48.8 Å². The first kappa shape index (κ1) is 11.6. The molecular weight excluding hydrogens is 249 g/mol. The molecule has 0 aromatic rings. The van der Waals surface area contributed by atoms with Gasteiger partial charge in [0.2, 0.25) is 5.60 Å². The van der Waals surface area contributed by atoms with E-state index >= 15 is 0 Å². The summed E-state index contributed by atoms with van der Waals surface area (Å²) in [5, 5.41) is 28.9. The van der Waals surface area contributed by atoms with Crippen molar-refractivity contribution >= 4 is 0 Å². The molecule has 0 spiro atoms. The van der Waals surface area contributed by atoms with Crippen LogP contribution in [0.3, 0.4) is 0 Å². The maximum absolute atomic E-state index is 12.9. The van der Waals surface area contributed by atoms with Crippen LogP contribution in [0.2, 0.25) is 0 Å². The summed E-state index contributed by atoms with van der Waals surface area (Å²) < 4.78 is 52.7. The Bertz CT molecular complexity index is 327. The van der Waals surface area contributed by atoms with Crippen molar-refractivity contribution in [2.75, 3.05) is 0 Å². The van der Waals surface area contributed by atoms with Gasteiger partial charge in [0.15, 0.2) is 0 Å². The molecule has 0 radical (unpaired) electrons. The van der Waals surface area contributed by atoms with Crippen molar-refractivity contribution in [2.24, 2.45) is 0 Å². The smallest absolute Gasteiger partial charge is 0.387 e. The summed E-state index contributed by atoms with van der Waals surface area (Å²) in [6, 6.07) is 0. The number of ether oxygens (including phenoxy) is 3. The predicted molar refractivity (Wildman–Crippen MR) is 41.4 cm³/mol. The molecule has 0 amide bonds. The Morgan fingerprint density at radius 2 is 1.41 bits per heavy atom. The van der Waals surface area contributed by atoms with Crippen LogP contribution in [0.5, 0.6) is 0 Å². The average Bonchev–Trinajstić information content (AvgIpc) is 2.23. The first-order chi connectivity index (χ1) is 7.76. The molecule has 4 rings (SSSR count). The second kappa shape index (κ2) is 3.11. The first-order valence-corrected chi connectivity index (χ1v) is 4.88. The van der Waals surface area contributed by atoms with Crippen LogP contribution in [-0.4, -0.2) is 64.1 Å². The third-order valence-corrected chi connectivity index (χ3v) is 3.40. The minimum Gasteiger partial charge on any atom is -0.387 e. The highest BCUT2D eigenvalue weighted by atomic mass is 19.4. The van der Waals surface area contributed by atoms with Crippen molar-refractivity contribution in [1.82, 2.24) is 0 Å². The number of aliphatic hydroxyl groups is 3. The second-order valence-electron chi connectivity index (χ2n) is 4.31. The molecule has 9 heteroatoms. The molecule has 4 bridgehead atoms. The van der Waals surface area contributed by atoms with Gasteiger partial charge >= 0.3 is 6.18 Å². The largest absolute Gasteiger partial charge is 0.422 e. The van der Waals surface area contributed by atoms with E-state index in [0.717, 1.165) is 0 Å². The molecule has 3 N–H and O–H groups in total. The normalized spacial score (nSPS) is 57.5. The average molecular weight is 258 g/mol. The van der Waals surface area contributed by atoms with Crippen LogP contribution in [0.1, 0.15) is 0 Å². The highest BCUT2D eigenvalue weighted by Crippen LogP contribution is 2.51. The Balaban J connectivity index is 2.07. The van der Waals surface area contributed by atoms with Crippen LogP contribution in [0.25, 0.3) is 0 Å². The molecule has 3 unspecified atom stereocenters. The molecule has 3 saturated heterocycles. The van der Waals surface area contributed by atoms with Crippen molar-refractivity contribution in [3.63, 3.8) is 0 Å². The maximum Gasteiger partial charge on any atom is 0.422 e. The standard InChI is InChI=1S/C8H9F3O6/c9-8(10,11)7(14)4-1(12)3-2(13)5(7)17-6(15-3)16-4/h1-6,12-14H/t1-,2+,3?,4+,5-,6?,7?. The van der Waals surface area contributed by atoms with E-state index in [4.69, 9.17) is 4.74 Å². The summed E-state index contributed by atoms with van der Waals surface area (Å²) in [6.45, 7) is -1.40. The Labute approximate surface area is 92.5 Å². The van der Waals surface area contributed by atoms with Gasteiger partial charge in [-0.2, -0.15) is 13.2 Å². The Morgan fingerprint density at radius 1 is 0.941 bits per heavy atom. The van der Waals surface area contributed by atoms with Crippen LogP contribution in [0.4, 0.5) is 13.2 Å². The van der Waals surface area contributed by atoms with Gasteiger partial charge < -0.3 is 29.5 Å². The lowest BCUT2D eigenvalue weighted by Crippen LogP contribution is -2.83. The minimum absolute atomic E-state index is 1.25. The van der Waals surface area contributed by atoms with Crippen LogP contribution in [-0.2, 0) is 14.2 Å². The van der Waals surface area contributed by atoms with Crippen LogP contribution in [0.15, 0.2) is 0 Å². The van der Waals surface area contributed by atoms with Gasteiger partial charge in [-0.15, -0.1) is 0 Å². The fourth-order valence-corrected chi connectivity index (χ4v) is 2.55. The van der Waals surface area contributed by atoms with Gasteiger partial charge in [-0.05, 0) is 0 Å². The van der Waals surface area contributed by atoms with E-state index in [2.05, 4.69) is 9.47 Å². The minimum atomic E-state index is -5.10. The Hall–Kier alpha value is -0.450. The van der Waals surface area contributed by atoms with E-state index in [1.165, 1.54) is 0 Å². The number of alkyl halides is 3. The van der Waals surface area contributed by atoms with Crippen LogP contribution < -0.4 is 0 Å². The van der Waals surface area contributed by atoms with Gasteiger partial charge in [-0.25, -0.2) is 0 Å². The van der Waals surface area contributed by atoms with Gasteiger partial charge in [-0.3, -0.25) is 0 Å². The lowest BCUT2D eigenvalue weighted by molar-refractivity contribution is -0.524. The fraction of sp³-hybridized carbons (Fsp3) is 1.00. The molecule has 6 nitrogen and oxygen atoms in total. The summed E-state index contributed by atoms with van der Waals surface area (Å²) in [7, 11) is 0. The summed E-state index contributed by atoms with van der Waals surface area (Å²) in [6.07, 6.45) is -13.7. The van der Waals surface area contributed by atoms with Crippen molar-refractivity contribution in [1.29, 1.82) is 0 Å². The predicted octanol–water partition coefficient (Wildman–Crippen LogP) is -1.52. The van der Waals surface area contributed by atoms with E-state index in [0.29, 0.717) is 0 Å². The molecule has 4 aliphatic rings. The van der Waals surface area contributed by atoms with E-state index in [1.807, 2.05) is 0 Å². The maximum atomic E-state index is 12.9. The van der Waals surface area contributed by atoms with Crippen molar-refractivity contribution in [3.8, 4) is 0 Å². The van der Waals surface area contributed by atoms with Gasteiger partial charge in [0.1, 0.15) is 30.5 Å². The summed E-state index contributed by atoms with van der Waals surface area (Å²) in [4.78, 5) is 0. The Kier molecular flexibility index (Phi) is 2.13. The highest BCUT2D eigenvalue weighted by Gasteiger charge is 2.77. The Morgan fingerprint density at radius 3 is 1.82 bits per heavy atom. The molecule has 17 heavy (non-hydrogen) atoms. The third-order valence-electron chi connectivity index (χ3n) is 3.40. The lowest BCUT2D eigenvalue weighted by Gasteiger charge is -2.60. The van der Waals surface area contributed by atoms with Crippen LogP contribution in [0, 0.1) is 0 Å². The number of halogens is 3. The fourth-order valence-electron chi connectivity index (χ4n) is 2.55. The molecule has 1 saturated carbocycles. The summed E-state index contributed by atoms with van der Waals surface area (Å²) in [5.74, 6) is 0. The molecule has 0 aromatic carbocycles. The molecule has 4 fully saturated rings. The highest BCUT2D eigenvalue weighted by molar-refractivity contribution is 5.16.